The molecule has 4 heteroatoms. The summed E-state index contributed by atoms with van der Waals surface area (Å²) in [6.45, 7) is 6.49. The number of aliphatic hydroxyl groups is 1. The Morgan fingerprint density at radius 2 is 1.79 bits per heavy atom. The van der Waals surface area contributed by atoms with Gasteiger partial charge in [0.2, 0.25) is 0 Å². The van der Waals surface area contributed by atoms with E-state index in [1.165, 1.54) is 5.56 Å². The first-order valence-corrected chi connectivity index (χ1v) is 6.36. The van der Waals surface area contributed by atoms with Gasteiger partial charge in [0.1, 0.15) is 11.9 Å². The standard InChI is InChI=1S/C15H21N3O/c1-15(2,3)11-7-5-10(6-8-11)13(19)12-9-17-18(4)14(12)16/h5-9,13,19H,16H2,1-4H3. The fraction of sp³-hybridized carbons (Fsp3) is 0.400. The highest BCUT2D eigenvalue weighted by Crippen LogP contribution is 2.28. The second-order valence-electron chi connectivity index (χ2n) is 5.88. The smallest absolute Gasteiger partial charge is 0.127 e. The maximum absolute atomic E-state index is 10.3. The second kappa shape index (κ2) is 4.70. The summed E-state index contributed by atoms with van der Waals surface area (Å²) < 4.78 is 1.56. The lowest BCUT2D eigenvalue weighted by molar-refractivity contribution is 0.221. The molecule has 0 spiro atoms. The molecule has 0 saturated heterocycles. The molecule has 0 aliphatic rings. The average molecular weight is 259 g/mol. The minimum absolute atomic E-state index is 0.108. The van der Waals surface area contributed by atoms with E-state index in [0.717, 1.165) is 5.56 Å². The second-order valence-corrected chi connectivity index (χ2v) is 5.88. The van der Waals surface area contributed by atoms with Crippen molar-refractivity contribution in [3.05, 3.63) is 47.2 Å². The van der Waals surface area contributed by atoms with Gasteiger partial charge in [-0.3, -0.25) is 4.68 Å². The lowest BCUT2D eigenvalue weighted by Crippen LogP contribution is -2.11. The molecule has 0 amide bonds. The fourth-order valence-corrected chi connectivity index (χ4v) is 2.02. The SMILES string of the molecule is Cn1ncc(C(O)c2ccc(C(C)(C)C)cc2)c1N. The number of aromatic nitrogens is 2. The number of nitrogens with two attached hydrogens (primary N) is 1. The Balaban J connectivity index is 2.30. The van der Waals surface area contributed by atoms with E-state index in [9.17, 15) is 5.11 Å². The third-order valence-electron chi connectivity index (χ3n) is 3.40. The van der Waals surface area contributed by atoms with E-state index in [2.05, 4.69) is 25.9 Å². The van der Waals surface area contributed by atoms with Crippen molar-refractivity contribution in [1.29, 1.82) is 0 Å². The molecule has 0 fully saturated rings. The number of benzene rings is 1. The highest BCUT2D eigenvalue weighted by atomic mass is 16.3. The zero-order chi connectivity index (χ0) is 14.2. The maximum atomic E-state index is 10.3. The lowest BCUT2D eigenvalue weighted by Gasteiger charge is -2.20. The van der Waals surface area contributed by atoms with Crippen molar-refractivity contribution in [2.45, 2.75) is 32.3 Å². The Bertz CT molecular complexity index is 564. The molecule has 2 rings (SSSR count). The first-order valence-electron chi connectivity index (χ1n) is 6.36. The van der Waals surface area contributed by atoms with Crippen LogP contribution in [0.2, 0.25) is 0 Å². The summed E-state index contributed by atoms with van der Waals surface area (Å²) in [5.41, 5.74) is 8.70. The van der Waals surface area contributed by atoms with Crippen LogP contribution >= 0.6 is 0 Å². The molecule has 0 aliphatic carbocycles. The molecule has 1 aromatic heterocycles. The first-order chi connectivity index (χ1) is 8.80. The van der Waals surface area contributed by atoms with E-state index in [0.29, 0.717) is 11.4 Å². The molecule has 3 N–H and O–H groups in total. The van der Waals surface area contributed by atoms with Gasteiger partial charge in [-0.15, -0.1) is 0 Å². The number of aryl methyl sites for hydroxylation is 1. The first kappa shape index (κ1) is 13.6. The van der Waals surface area contributed by atoms with Crippen molar-refractivity contribution in [3.8, 4) is 0 Å². The summed E-state index contributed by atoms with van der Waals surface area (Å²) in [6, 6.07) is 7.98. The number of aliphatic hydroxyl groups excluding tert-OH is 1. The highest BCUT2D eigenvalue weighted by Gasteiger charge is 2.18. The Labute approximate surface area is 113 Å². The Morgan fingerprint density at radius 1 is 1.21 bits per heavy atom. The number of anilines is 1. The number of hydrogen-bond acceptors (Lipinski definition) is 3. The summed E-state index contributed by atoms with van der Waals surface area (Å²) in [4.78, 5) is 0. The molecule has 102 valence electrons. The van der Waals surface area contributed by atoms with E-state index in [1.807, 2.05) is 24.3 Å². The average Bonchev–Trinajstić information content (AvgIpc) is 2.68. The zero-order valence-electron chi connectivity index (χ0n) is 11.9. The van der Waals surface area contributed by atoms with Gasteiger partial charge in [-0.25, -0.2) is 0 Å². The normalized spacial score (nSPS) is 13.5. The quantitative estimate of drug-likeness (QED) is 0.870. The van der Waals surface area contributed by atoms with Crippen molar-refractivity contribution in [2.24, 2.45) is 7.05 Å². The molecule has 1 atom stereocenters. The van der Waals surface area contributed by atoms with Gasteiger partial charge >= 0.3 is 0 Å². The highest BCUT2D eigenvalue weighted by molar-refractivity contribution is 5.44. The van der Waals surface area contributed by atoms with Gasteiger partial charge in [-0.05, 0) is 16.5 Å². The molecule has 1 unspecified atom stereocenters. The van der Waals surface area contributed by atoms with E-state index in [1.54, 1.807) is 17.9 Å². The van der Waals surface area contributed by atoms with Crippen LogP contribution in [0.15, 0.2) is 30.5 Å². The van der Waals surface area contributed by atoms with Crippen LogP contribution in [-0.4, -0.2) is 14.9 Å². The van der Waals surface area contributed by atoms with Crippen LogP contribution < -0.4 is 5.73 Å². The molecule has 2 aromatic rings. The van der Waals surface area contributed by atoms with Gasteiger partial charge in [0.25, 0.3) is 0 Å². The van der Waals surface area contributed by atoms with Gasteiger partial charge in [0, 0.05) is 12.6 Å². The molecule has 19 heavy (non-hydrogen) atoms. The number of rotatable bonds is 2. The molecule has 1 heterocycles. The topological polar surface area (TPSA) is 64.1 Å². The fourth-order valence-electron chi connectivity index (χ4n) is 2.02. The summed E-state index contributed by atoms with van der Waals surface area (Å²) in [6.07, 6.45) is 0.875. The predicted molar refractivity (Wildman–Crippen MR) is 76.8 cm³/mol. The molecular weight excluding hydrogens is 238 g/mol. The minimum atomic E-state index is -0.734. The zero-order valence-corrected chi connectivity index (χ0v) is 11.9. The van der Waals surface area contributed by atoms with Crippen LogP contribution in [0, 0.1) is 0 Å². The Hall–Kier alpha value is -1.81. The van der Waals surface area contributed by atoms with Crippen LogP contribution in [0.5, 0.6) is 0 Å². The predicted octanol–water partition coefficient (Wildman–Crippen LogP) is 2.38. The summed E-state index contributed by atoms with van der Waals surface area (Å²) in [5.74, 6) is 0.493. The van der Waals surface area contributed by atoms with Crippen LogP contribution in [-0.2, 0) is 12.5 Å². The van der Waals surface area contributed by atoms with Crippen molar-refractivity contribution in [1.82, 2.24) is 9.78 Å². The van der Waals surface area contributed by atoms with Gasteiger partial charge in [0.05, 0.1) is 6.20 Å². The Morgan fingerprint density at radius 3 is 2.21 bits per heavy atom. The van der Waals surface area contributed by atoms with E-state index in [-0.39, 0.29) is 5.41 Å². The van der Waals surface area contributed by atoms with Gasteiger partial charge < -0.3 is 10.8 Å². The third-order valence-corrected chi connectivity index (χ3v) is 3.40. The summed E-state index contributed by atoms with van der Waals surface area (Å²) in [5, 5.41) is 14.4. The van der Waals surface area contributed by atoms with Gasteiger partial charge in [-0.1, -0.05) is 45.0 Å². The third kappa shape index (κ3) is 2.63. The van der Waals surface area contributed by atoms with Crippen molar-refractivity contribution in [2.75, 3.05) is 5.73 Å². The maximum Gasteiger partial charge on any atom is 0.127 e. The minimum Gasteiger partial charge on any atom is -0.384 e. The van der Waals surface area contributed by atoms with E-state index >= 15 is 0 Å². The summed E-state index contributed by atoms with van der Waals surface area (Å²) in [7, 11) is 1.76. The Kier molecular flexibility index (Phi) is 3.37. The molecule has 0 aliphatic heterocycles. The van der Waals surface area contributed by atoms with E-state index < -0.39 is 6.10 Å². The molecule has 0 bridgehead atoms. The molecule has 0 saturated carbocycles. The van der Waals surface area contributed by atoms with Crippen molar-refractivity contribution >= 4 is 5.82 Å². The van der Waals surface area contributed by atoms with Gasteiger partial charge in [0.15, 0.2) is 0 Å². The summed E-state index contributed by atoms with van der Waals surface area (Å²) >= 11 is 0. The molecule has 0 radical (unpaired) electrons. The van der Waals surface area contributed by atoms with Crippen LogP contribution in [0.4, 0.5) is 5.82 Å². The van der Waals surface area contributed by atoms with Crippen molar-refractivity contribution < 1.29 is 5.11 Å². The molecular formula is C15H21N3O. The molecule has 4 nitrogen and oxygen atoms in total. The lowest BCUT2D eigenvalue weighted by atomic mass is 9.86. The van der Waals surface area contributed by atoms with E-state index in [4.69, 9.17) is 5.73 Å². The number of hydrogen-bond donors (Lipinski definition) is 2. The number of nitrogen functional groups attached to an aromatic ring is 1. The van der Waals surface area contributed by atoms with Crippen molar-refractivity contribution in [3.63, 3.8) is 0 Å². The number of nitrogens with zero attached hydrogens (tertiary/aromatic N) is 2. The van der Waals surface area contributed by atoms with Crippen LogP contribution in [0.1, 0.15) is 43.6 Å². The molecule has 1 aromatic carbocycles. The largest absolute Gasteiger partial charge is 0.384 e. The van der Waals surface area contributed by atoms with Gasteiger partial charge in [-0.2, -0.15) is 5.10 Å². The van der Waals surface area contributed by atoms with Crippen LogP contribution in [0.3, 0.4) is 0 Å². The monoisotopic (exact) mass is 259 g/mol. The van der Waals surface area contributed by atoms with Crippen LogP contribution in [0.25, 0.3) is 0 Å².